The van der Waals surface area contributed by atoms with Crippen molar-refractivity contribution in [2.75, 3.05) is 13.1 Å². The van der Waals surface area contributed by atoms with Crippen molar-refractivity contribution < 1.29 is 4.79 Å². The van der Waals surface area contributed by atoms with E-state index in [-0.39, 0.29) is 11.9 Å². The van der Waals surface area contributed by atoms with Crippen molar-refractivity contribution in [3.8, 4) is 0 Å². The molecule has 0 radical (unpaired) electrons. The quantitative estimate of drug-likeness (QED) is 0.804. The molecule has 2 aromatic rings. The van der Waals surface area contributed by atoms with Gasteiger partial charge in [-0.15, -0.1) is 0 Å². The van der Waals surface area contributed by atoms with Crippen LogP contribution in [0.5, 0.6) is 0 Å². The van der Waals surface area contributed by atoms with Crippen LogP contribution < -0.4 is 11.1 Å². The van der Waals surface area contributed by atoms with E-state index in [0.717, 1.165) is 17.7 Å². The Hall–Kier alpha value is -2.17. The number of carbonyl (C=O) groups excluding carboxylic acids is 1. The number of nitrogens with two attached hydrogens (primary N) is 1. The van der Waals surface area contributed by atoms with E-state index in [4.69, 9.17) is 5.73 Å². The Kier molecular flexibility index (Phi) is 6.81. The molecule has 4 heteroatoms. The highest BCUT2D eigenvalue weighted by molar-refractivity contribution is 5.76. The van der Waals surface area contributed by atoms with Gasteiger partial charge in [0, 0.05) is 25.6 Å². The van der Waals surface area contributed by atoms with Crippen LogP contribution in [0, 0.1) is 0 Å². The number of carbonyl (C=O) groups is 1. The first kappa shape index (κ1) is 18.6. The lowest BCUT2D eigenvalue weighted by Gasteiger charge is -2.26. The predicted octanol–water partition coefficient (Wildman–Crippen LogP) is 3.38. The fourth-order valence-electron chi connectivity index (χ4n) is 3.43. The smallest absolute Gasteiger partial charge is 0.222 e. The Morgan fingerprint density at radius 2 is 1.62 bits per heavy atom. The van der Waals surface area contributed by atoms with Crippen molar-refractivity contribution in [3.63, 3.8) is 0 Å². The van der Waals surface area contributed by atoms with Crippen molar-refractivity contribution in [2.24, 2.45) is 5.73 Å². The topological polar surface area (TPSA) is 58.4 Å². The zero-order valence-corrected chi connectivity index (χ0v) is 15.4. The molecule has 1 saturated heterocycles. The van der Waals surface area contributed by atoms with Gasteiger partial charge in [-0.05, 0) is 42.6 Å². The molecule has 1 atom stereocenters. The molecule has 0 bridgehead atoms. The van der Waals surface area contributed by atoms with Crippen LogP contribution >= 0.6 is 0 Å². The van der Waals surface area contributed by atoms with Crippen molar-refractivity contribution in [1.29, 1.82) is 0 Å². The average Bonchev–Trinajstić information content (AvgIpc) is 2.69. The number of rotatable bonds is 7. The highest BCUT2D eigenvalue weighted by atomic mass is 16.1. The first-order chi connectivity index (χ1) is 12.7. The summed E-state index contributed by atoms with van der Waals surface area (Å²) >= 11 is 0. The Bertz CT molecular complexity index is 678. The third-order valence-electron chi connectivity index (χ3n) is 5.00. The SMILES string of the molecule is NC(CC(=O)NCc1ccc(CN2CCCCC2)cc1)c1ccccc1. The fraction of sp³-hybridized carbons (Fsp3) is 0.409. The zero-order valence-electron chi connectivity index (χ0n) is 15.4. The maximum absolute atomic E-state index is 12.1. The van der Waals surface area contributed by atoms with Gasteiger partial charge in [-0.2, -0.15) is 0 Å². The molecular formula is C22H29N3O. The van der Waals surface area contributed by atoms with Gasteiger partial charge in [-0.3, -0.25) is 9.69 Å². The van der Waals surface area contributed by atoms with E-state index in [9.17, 15) is 4.79 Å². The van der Waals surface area contributed by atoms with Gasteiger partial charge in [-0.25, -0.2) is 0 Å². The van der Waals surface area contributed by atoms with Gasteiger partial charge in [0.2, 0.25) is 5.91 Å². The molecule has 0 aromatic heterocycles. The maximum atomic E-state index is 12.1. The van der Waals surface area contributed by atoms with Gasteiger partial charge in [0.25, 0.3) is 0 Å². The first-order valence-corrected chi connectivity index (χ1v) is 9.58. The predicted molar refractivity (Wildman–Crippen MR) is 105 cm³/mol. The third kappa shape index (κ3) is 5.68. The second-order valence-corrected chi connectivity index (χ2v) is 7.15. The Balaban J connectivity index is 1.43. The van der Waals surface area contributed by atoms with E-state index in [2.05, 4.69) is 34.5 Å². The summed E-state index contributed by atoms with van der Waals surface area (Å²) in [6.07, 6.45) is 4.30. The number of hydrogen-bond acceptors (Lipinski definition) is 3. The van der Waals surface area contributed by atoms with Gasteiger partial charge < -0.3 is 11.1 Å². The van der Waals surface area contributed by atoms with E-state index in [0.29, 0.717) is 13.0 Å². The molecule has 1 aliphatic heterocycles. The molecule has 26 heavy (non-hydrogen) atoms. The van der Waals surface area contributed by atoms with Crippen LogP contribution in [0.15, 0.2) is 54.6 Å². The molecule has 1 aliphatic rings. The standard InChI is InChI=1S/C22H29N3O/c23-21(20-7-3-1-4-8-20)15-22(26)24-16-18-9-11-19(12-10-18)17-25-13-5-2-6-14-25/h1,3-4,7-12,21H,2,5-6,13-17,23H2,(H,24,26). The average molecular weight is 351 g/mol. The minimum absolute atomic E-state index is 0.0150. The fourth-order valence-corrected chi connectivity index (χ4v) is 3.43. The molecular weight excluding hydrogens is 322 g/mol. The molecule has 138 valence electrons. The highest BCUT2D eigenvalue weighted by Gasteiger charge is 2.12. The van der Waals surface area contributed by atoms with Crippen LogP contribution in [-0.4, -0.2) is 23.9 Å². The van der Waals surface area contributed by atoms with Crippen molar-refractivity contribution in [2.45, 2.75) is 44.8 Å². The summed E-state index contributed by atoms with van der Waals surface area (Å²) in [5.74, 6) is -0.0150. The van der Waals surface area contributed by atoms with E-state index < -0.39 is 0 Å². The summed E-state index contributed by atoms with van der Waals surface area (Å²) in [7, 11) is 0. The second kappa shape index (κ2) is 9.51. The molecule has 1 heterocycles. The van der Waals surface area contributed by atoms with Crippen LogP contribution in [0.2, 0.25) is 0 Å². The second-order valence-electron chi connectivity index (χ2n) is 7.15. The number of nitrogens with one attached hydrogen (secondary N) is 1. The largest absolute Gasteiger partial charge is 0.352 e. The summed E-state index contributed by atoms with van der Waals surface area (Å²) in [5, 5.41) is 2.97. The summed E-state index contributed by atoms with van der Waals surface area (Å²) in [4.78, 5) is 14.7. The number of likely N-dealkylation sites (tertiary alicyclic amines) is 1. The lowest BCUT2D eigenvalue weighted by atomic mass is 10.0. The van der Waals surface area contributed by atoms with E-state index in [1.165, 1.54) is 37.9 Å². The van der Waals surface area contributed by atoms with Crippen molar-refractivity contribution in [3.05, 3.63) is 71.3 Å². The minimum atomic E-state index is -0.261. The van der Waals surface area contributed by atoms with Gasteiger partial charge >= 0.3 is 0 Å². The molecule has 2 aromatic carbocycles. The molecule has 0 aliphatic carbocycles. The van der Waals surface area contributed by atoms with E-state index in [1.807, 2.05) is 30.3 Å². The monoisotopic (exact) mass is 351 g/mol. The molecule has 4 nitrogen and oxygen atoms in total. The molecule has 3 rings (SSSR count). The Morgan fingerprint density at radius 1 is 0.962 bits per heavy atom. The van der Waals surface area contributed by atoms with Gasteiger partial charge in [0.1, 0.15) is 0 Å². The lowest BCUT2D eigenvalue weighted by Crippen LogP contribution is -2.29. The summed E-state index contributed by atoms with van der Waals surface area (Å²) in [6, 6.07) is 18.0. The molecule has 0 spiro atoms. The van der Waals surface area contributed by atoms with Crippen LogP contribution in [0.25, 0.3) is 0 Å². The van der Waals surface area contributed by atoms with E-state index in [1.54, 1.807) is 0 Å². The number of piperidine rings is 1. The first-order valence-electron chi connectivity index (χ1n) is 9.58. The van der Waals surface area contributed by atoms with Crippen LogP contribution in [0.1, 0.15) is 48.4 Å². The number of hydrogen-bond donors (Lipinski definition) is 2. The van der Waals surface area contributed by atoms with Crippen molar-refractivity contribution in [1.82, 2.24) is 10.2 Å². The van der Waals surface area contributed by atoms with E-state index >= 15 is 0 Å². The highest BCUT2D eigenvalue weighted by Crippen LogP contribution is 2.15. The summed E-state index contributed by atoms with van der Waals surface area (Å²) in [6.45, 7) is 3.99. The van der Waals surface area contributed by atoms with Gasteiger partial charge in [0.15, 0.2) is 0 Å². The maximum Gasteiger partial charge on any atom is 0.222 e. The lowest BCUT2D eigenvalue weighted by molar-refractivity contribution is -0.121. The van der Waals surface area contributed by atoms with Gasteiger partial charge in [-0.1, -0.05) is 61.0 Å². The summed E-state index contributed by atoms with van der Waals surface area (Å²) < 4.78 is 0. The van der Waals surface area contributed by atoms with Gasteiger partial charge in [0.05, 0.1) is 0 Å². The number of amides is 1. The van der Waals surface area contributed by atoms with Crippen LogP contribution in [-0.2, 0) is 17.9 Å². The number of nitrogens with zero attached hydrogens (tertiary/aromatic N) is 1. The molecule has 3 N–H and O–H groups in total. The van der Waals surface area contributed by atoms with Crippen molar-refractivity contribution >= 4 is 5.91 Å². The third-order valence-corrected chi connectivity index (χ3v) is 5.00. The van der Waals surface area contributed by atoms with Crippen LogP contribution in [0.3, 0.4) is 0 Å². The Labute approximate surface area is 156 Å². The summed E-state index contributed by atoms with van der Waals surface area (Å²) in [5.41, 5.74) is 9.56. The molecule has 1 amide bonds. The number of benzene rings is 2. The molecule has 0 saturated carbocycles. The minimum Gasteiger partial charge on any atom is -0.352 e. The van der Waals surface area contributed by atoms with Crippen LogP contribution in [0.4, 0.5) is 0 Å². The normalized spacial score (nSPS) is 16.2. The zero-order chi connectivity index (χ0) is 18.2. The molecule has 1 fully saturated rings. The Morgan fingerprint density at radius 3 is 2.31 bits per heavy atom. The molecule has 1 unspecified atom stereocenters.